The van der Waals surface area contributed by atoms with Crippen LogP contribution in [0.25, 0.3) is 0 Å². The smallest absolute Gasteiger partial charge is 0.260 e. The Morgan fingerprint density at radius 1 is 0.849 bits per heavy atom. The van der Waals surface area contributed by atoms with Crippen LogP contribution in [0.2, 0.25) is 10.0 Å². The number of amides is 4. The molecule has 0 radical (unpaired) electrons. The van der Waals surface area contributed by atoms with Crippen molar-refractivity contribution in [2.75, 3.05) is 24.5 Å². The number of imide groups is 2. The van der Waals surface area contributed by atoms with Gasteiger partial charge in [0.05, 0.1) is 53.8 Å². The molecular weight excluding hydrogens is 832 g/mol. The van der Waals surface area contributed by atoms with Gasteiger partial charge < -0.3 is 14.6 Å². The van der Waals surface area contributed by atoms with Crippen molar-refractivity contribution >= 4 is 80.8 Å². The lowest BCUT2D eigenvalue weighted by Gasteiger charge is -2.50. The van der Waals surface area contributed by atoms with Gasteiger partial charge in [0.15, 0.2) is 11.5 Å². The zero-order valence-corrected chi connectivity index (χ0v) is 32.1. The fourth-order valence-corrected chi connectivity index (χ4v) is 9.75. The van der Waals surface area contributed by atoms with E-state index >= 15 is 4.79 Å². The Labute approximate surface area is 328 Å². The van der Waals surface area contributed by atoms with E-state index in [0.717, 1.165) is 14.2 Å². The summed E-state index contributed by atoms with van der Waals surface area (Å²) >= 11 is 14.9. The average molecular weight is 865 g/mol. The molecule has 270 valence electrons. The van der Waals surface area contributed by atoms with Gasteiger partial charge in [-0.25, -0.2) is 0 Å². The average Bonchev–Trinajstić information content (AvgIpc) is 3.54. The molecule has 0 bridgehead atoms. The number of hydrogen-bond acceptors (Lipinski definition) is 8. The number of hydrazine groups is 1. The van der Waals surface area contributed by atoms with Crippen LogP contribution in [0.15, 0.2) is 96.6 Å². The lowest BCUT2D eigenvalue weighted by Crippen LogP contribution is -2.53. The monoisotopic (exact) mass is 863 g/mol. The van der Waals surface area contributed by atoms with Crippen molar-refractivity contribution in [2.45, 2.75) is 24.2 Å². The SMILES string of the molecule is COc1ccc(C23C(=O)N(Nc4ccc(Cl)cc4Cl)C(=O)C2CC2C(=CCC4C(=O)N(c5ccc(I)cc5)C(=O)C42)C3c2ccc(O)c(OC)c2)cc1. The number of aromatic hydroxyl groups is 1. The molecule has 10 nitrogen and oxygen atoms in total. The van der Waals surface area contributed by atoms with Gasteiger partial charge in [0.1, 0.15) is 5.75 Å². The third-order valence-electron chi connectivity index (χ3n) is 11.2. The highest BCUT2D eigenvalue weighted by atomic mass is 127. The summed E-state index contributed by atoms with van der Waals surface area (Å²) in [5.74, 6) is -4.85. The Balaban J connectivity index is 1.34. The van der Waals surface area contributed by atoms with E-state index in [9.17, 15) is 19.5 Å². The van der Waals surface area contributed by atoms with E-state index in [1.54, 1.807) is 67.8 Å². The molecule has 2 aliphatic carbocycles. The van der Waals surface area contributed by atoms with Crippen LogP contribution in [-0.4, -0.2) is 48.0 Å². The molecule has 2 N–H and O–H groups in total. The van der Waals surface area contributed by atoms with Crippen molar-refractivity contribution in [3.63, 3.8) is 0 Å². The first kappa shape index (κ1) is 35.4. The van der Waals surface area contributed by atoms with E-state index in [2.05, 4.69) is 28.0 Å². The van der Waals surface area contributed by atoms with Gasteiger partial charge in [0.2, 0.25) is 11.8 Å². The van der Waals surface area contributed by atoms with Crippen LogP contribution in [-0.2, 0) is 24.6 Å². The van der Waals surface area contributed by atoms with Crippen molar-refractivity contribution in [2.24, 2.45) is 23.7 Å². The second kappa shape index (κ2) is 13.4. The topological polar surface area (TPSA) is 125 Å². The quantitative estimate of drug-likeness (QED) is 0.111. The largest absolute Gasteiger partial charge is 0.504 e. The number of halogens is 3. The summed E-state index contributed by atoms with van der Waals surface area (Å²) in [5, 5.41) is 12.3. The Morgan fingerprint density at radius 2 is 1.58 bits per heavy atom. The molecule has 4 aliphatic rings. The van der Waals surface area contributed by atoms with Crippen LogP contribution in [0.5, 0.6) is 17.2 Å². The second-order valence-corrected chi connectivity index (χ2v) is 15.7. The van der Waals surface area contributed by atoms with Crippen LogP contribution < -0.4 is 19.8 Å². The Bertz CT molecular complexity index is 2230. The van der Waals surface area contributed by atoms with Crippen LogP contribution in [0.1, 0.15) is 29.9 Å². The first-order chi connectivity index (χ1) is 25.5. The number of nitrogens with one attached hydrogen (secondary N) is 1. The fraction of sp³-hybridized carbons (Fsp3) is 0.250. The van der Waals surface area contributed by atoms with Gasteiger partial charge in [-0.2, -0.15) is 5.01 Å². The second-order valence-electron chi connectivity index (χ2n) is 13.6. The number of carbonyl (C=O) groups is 4. The summed E-state index contributed by atoms with van der Waals surface area (Å²) in [6.07, 6.45) is 2.35. The molecule has 1 saturated carbocycles. The van der Waals surface area contributed by atoms with Crippen molar-refractivity contribution in [3.05, 3.63) is 121 Å². The van der Waals surface area contributed by atoms with Crippen LogP contribution in [0, 0.1) is 27.2 Å². The molecule has 6 atom stereocenters. The first-order valence-corrected chi connectivity index (χ1v) is 18.8. The van der Waals surface area contributed by atoms with Crippen molar-refractivity contribution in [3.8, 4) is 17.2 Å². The maximum absolute atomic E-state index is 15.4. The highest BCUT2D eigenvalue weighted by Crippen LogP contribution is 2.64. The number of carbonyl (C=O) groups excluding carboxylic acids is 4. The Hall–Kier alpha value is -4.59. The van der Waals surface area contributed by atoms with E-state index < -0.39 is 46.8 Å². The lowest BCUT2D eigenvalue weighted by molar-refractivity contribution is -0.138. The van der Waals surface area contributed by atoms with Gasteiger partial charge in [-0.3, -0.25) is 29.5 Å². The zero-order valence-electron chi connectivity index (χ0n) is 28.4. The van der Waals surface area contributed by atoms with E-state index in [1.807, 2.05) is 18.2 Å². The van der Waals surface area contributed by atoms with E-state index in [1.165, 1.54) is 24.1 Å². The van der Waals surface area contributed by atoms with E-state index in [-0.39, 0.29) is 41.2 Å². The number of anilines is 2. The van der Waals surface area contributed by atoms with Crippen molar-refractivity contribution < 1.29 is 33.8 Å². The summed E-state index contributed by atoms with van der Waals surface area (Å²) in [6.45, 7) is 0. The molecule has 13 heteroatoms. The Kier molecular flexibility index (Phi) is 8.94. The number of nitrogens with zero attached hydrogens (tertiary/aromatic N) is 2. The minimum Gasteiger partial charge on any atom is -0.504 e. The minimum absolute atomic E-state index is 0.101. The molecule has 4 aromatic carbocycles. The highest BCUT2D eigenvalue weighted by molar-refractivity contribution is 14.1. The molecule has 53 heavy (non-hydrogen) atoms. The first-order valence-electron chi connectivity index (χ1n) is 16.9. The van der Waals surface area contributed by atoms with Gasteiger partial charge in [-0.1, -0.05) is 53.1 Å². The number of ether oxygens (including phenoxy) is 2. The zero-order chi connectivity index (χ0) is 37.3. The lowest BCUT2D eigenvalue weighted by atomic mass is 9.49. The molecule has 2 heterocycles. The predicted octanol–water partition coefficient (Wildman–Crippen LogP) is 7.51. The maximum atomic E-state index is 15.4. The summed E-state index contributed by atoms with van der Waals surface area (Å²) < 4.78 is 12.0. The molecule has 2 saturated heterocycles. The number of hydrogen-bond donors (Lipinski definition) is 2. The van der Waals surface area contributed by atoms with E-state index in [0.29, 0.717) is 33.3 Å². The number of benzene rings is 4. The van der Waals surface area contributed by atoms with Gasteiger partial charge in [0.25, 0.3) is 11.8 Å². The summed E-state index contributed by atoms with van der Waals surface area (Å²) in [5.41, 5.74) is 4.15. The molecule has 8 rings (SSSR count). The molecule has 6 unspecified atom stereocenters. The molecule has 3 fully saturated rings. The third kappa shape index (κ3) is 5.41. The highest BCUT2D eigenvalue weighted by Gasteiger charge is 2.70. The number of allylic oxidation sites excluding steroid dienone is 2. The third-order valence-corrected chi connectivity index (χ3v) is 12.5. The minimum atomic E-state index is -1.55. The van der Waals surface area contributed by atoms with Crippen molar-refractivity contribution in [1.29, 1.82) is 0 Å². The molecule has 0 aromatic heterocycles. The molecule has 4 amide bonds. The van der Waals surface area contributed by atoms with Crippen molar-refractivity contribution in [1.82, 2.24) is 5.01 Å². The predicted molar refractivity (Wildman–Crippen MR) is 207 cm³/mol. The van der Waals surface area contributed by atoms with E-state index in [4.69, 9.17) is 32.7 Å². The number of methoxy groups -OCH3 is 2. The molecule has 4 aromatic rings. The van der Waals surface area contributed by atoms with Gasteiger partial charge in [-0.15, -0.1) is 0 Å². The Morgan fingerprint density at radius 3 is 2.26 bits per heavy atom. The molecular formula is C40H32Cl2IN3O7. The summed E-state index contributed by atoms with van der Waals surface area (Å²) in [4.78, 5) is 60.1. The standard InChI is InChI=1S/C40H32Cl2IN3O7/c1-52-25-11-4-21(5-12-25)40-29(37(49)46(39(40)51)44-31-15-6-22(41)18-30(31)42)19-28-26(35(40)20-3-16-32(47)33(17-20)53-2)13-14-27-34(28)38(50)45(36(27)48)24-9-7-23(43)8-10-24/h3-13,15-18,27-29,34-35,44,47H,14,19H2,1-2H3. The maximum Gasteiger partial charge on any atom is 0.260 e. The number of rotatable bonds is 7. The van der Waals surface area contributed by atoms with Gasteiger partial charge >= 0.3 is 0 Å². The van der Waals surface area contributed by atoms with Crippen LogP contribution >= 0.6 is 45.8 Å². The van der Waals surface area contributed by atoms with Gasteiger partial charge in [-0.05, 0) is 119 Å². The summed E-state index contributed by atoms with van der Waals surface area (Å²) in [7, 11) is 2.98. The van der Waals surface area contributed by atoms with Crippen LogP contribution in [0.4, 0.5) is 11.4 Å². The molecule has 0 spiro atoms. The van der Waals surface area contributed by atoms with Crippen LogP contribution in [0.3, 0.4) is 0 Å². The van der Waals surface area contributed by atoms with Gasteiger partial charge in [0, 0.05) is 14.5 Å². The fourth-order valence-electron chi connectivity index (χ4n) is 8.94. The number of phenols is 1. The normalized spacial score (nSPS) is 26.2. The number of fused-ring (bicyclic) bond motifs is 4. The summed E-state index contributed by atoms with van der Waals surface area (Å²) in [6, 6.07) is 23.8. The number of phenolic OH excluding ortho intramolecular Hbond substituents is 1. The molecule has 2 aliphatic heterocycles.